The van der Waals surface area contributed by atoms with Crippen LogP contribution in [-0.2, 0) is 11.3 Å². The summed E-state index contributed by atoms with van der Waals surface area (Å²) in [5.74, 6) is -0.202. The van der Waals surface area contributed by atoms with Crippen LogP contribution in [-0.4, -0.2) is 32.3 Å². The van der Waals surface area contributed by atoms with Gasteiger partial charge < -0.3 is 5.32 Å². The number of imide groups is 1. The van der Waals surface area contributed by atoms with Crippen LogP contribution in [0.2, 0.25) is 0 Å². The molecule has 0 aliphatic rings. The van der Waals surface area contributed by atoms with Crippen LogP contribution in [0.5, 0.6) is 0 Å². The number of thioether (sulfide) groups is 1. The van der Waals surface area contributed by atoms with E-state index in [1.807, 2.05) is 46.8 Å². The number of para-hydroxylation sites is 1. The zero-order chi connectivity index (χ0) is 21.1. The van der Waals surface area contributed by atoms with Crippen molar-refractivity contribution in [3.8, 4) is 0 Å². The van der Waals surface area contributed by atoms with E-state index in [1.165, 1.54) is 11.8 Å². The van der Waals surface area contributed by atoms with E-state index >= 15 is 0 Å². The van der Waals surface area contributed by atoms with Gasteiger partial charge in [0.1, 0.15) is 0 Å². The van der Waals surface area contributed by atoms with E-state index in [-0.39, 0.29) is 11.5 Å². The molecule has 1 heterocycles. The third-order valence-corrected chi connectivity index (χ3v) is 4.84. The molecule has 2 aromatic rings. The number of rotatable bonds is 5. The molecule has 3 amide bonds. The van der Waals surface area contributed by atoms with Gasteiger partial charge in [0.25, 0.3) is 5.56 Å². The molecule has 0 saturated heterocycles. The number of benzene rings is 1. The molecule has 1 aromatic heterocycles. The highest BCUT2D eigenvalue weighted by Crippen LogP contribution is 2.23. The molecule has 28 heavy (non-hydrogen) atoms. The van der Waals surface area contributed by atoms with Gasteiger partial charge in [0, 0.05) is 12.1 Å². The molecule has 7 nitrogen and oxygen atoms in total. The third kappa shape index (κ3) is 5.82. The SMILES string of the molecule is CC(C)Cn1c(S[C@H](C)C(=O)NC(=O)NC(C)(C)C)nc2ccccc2c1=O. The minimum Gasteiger partial charge on any atom is -0.333 e. The van der Waals surface area contributed by atoms with E-state index in [4.69, 9.17) is 0 Å². The predicted octanol–water partition coefficient (Wildman–Crippen LogP) is 3.16. The molecule has 0 bridgehead atoms. The lowest BCUT2D eigenvalue weighted by atomic mass is 10.1. The second kappa shape index (κ2) is 8.77. The Bertz CT molecular complexity index is 931. The summed E-state index contributed by atoms with van der Waals surface area (Å²) in [5.41, 5.74) is 0.0197. The van der Waals surface area contributed by atoms with Crippen LogP contribution in [0.3, 0.4) is 0 Å². The molecule has 0 fully saturated rings. The topological polar surface area (TPSA) is 93.1 Å². The van der Waals surface area contributed by atoms with Crippen LogP contribution in [0.15, 0.2) is 34.2 Å². The average molecular weight is 405 g/mol. The van der Waals surface area contributed by atoms with E-state index in [0.29, 0.717) is 22.6 Å². The van der Waals surface area contributed by atoms with E-state index < -0.39 is 22.7 Å². The monoisotopic (exact) mass is 404 g/mol. The molecule has 0 unspecified atom stereocenters. The predicted molar refractivity (Wildman–Crippen MR) is 113 cm³/mol. The Kier molecular flexibility index (Phi) is 6.87. The molecule has 0 aliphatic carbocycles. The van der Waals surface area contributed by atoms with Crippen molar-refractivity contribution in [3.63, 3.8) is 0 Å². The van der Waals surface area contributed by atoms with Gasteiger partial charge in [-0.1, -0.05) is 37.7 Å². The highest BCUT2D eigenvalue weighted by atomic mass is 32.2. The fraction of sp³-hybridized carbons (Fsp3) is 0.500. The first kappa shape index (κ1) is 21.9. The Morgan fingerprint density at radius 3 is 2.43 bits per heavy atom. The highest BCUT2D eigenvalue weighted by Gasteiger charge is 2.22. The van der Waals surface area contributed by atoms with E-state index in [1.54, 1.807) is 23.6 Å². The van der Waals surface area contributed by atoms with Gasteiger partial charge in [-0.3, -0.25) is 19.5 Å². The quantitative estimate of drug-likeness (QED) is 0.590. The fourth-order valence-electron chi connectivity index (χ4n) is 2.56. The zero-order valence-electron chi connectivity index (χ0n) is 17.2. The van der Waals surface area contributed by atoms with Gasteiger partial charge in [0.15, 0.2) is 5.16 Å². The Labute approximate surface area is 169 Å². The lowest BCUT2D eigenvalue weighted by Gasteiger charge is -2.21. The van der Waals surface area contributed by atoms with Crippen LogP contribution in [0.4, 0.5) is 4.79 Å². The molecule has 0 aliphatic heterocycles. The number of carbonyl (C=O) groups is 2. The summed E-state index contributed by atoms with van der Waals surface area (Å²) in [4.78, 5) is 41.9. The number of hydrogen-bond donors (Lipinski definition) is 2. The van der Waals surface area contributed by atoms with Crippen molar-refractivity contribution in [2.75, 3.05) is 0 Å². The van der Waals surface area contributed by atoms with E-state index in [9.17, 15) is 14.4 Å². The normalized spacial score (nSPS) is 12.8. The van der Waals surface area contributed by atoms with E-state index in [2.05, 4.69) is 15.6 Å². The summed E-state index contributed by atoms with van der Waals surface area (Å²) in [7, 11) is 0. The van der Waals surface area contributed by atoms with Gasteiger partial charge in [-0.15, -0.1) is 0 Å². The summed E-state index contributed by atoms with van der Waals surface area (Å²) in [5, 5.41) is 5.45. The second-order valence-corrected chi connectivity index (χ2v) is 9.48. The molecular formula is C20H28N4O3S. The third-order valence-electron chi connectivity index (χ3n) is 3.75. The molecule has 1 aromatic carbocycles. The molecule has 2 rings (SSSR count). The Morgan fingerprint density at radius 1 is 1.18 bits per heavy atom. The minimum atomic E-state index is -0.600. The van der Waals surface area contributed by atoms with Crippen LogP contribution in [0.1, 0.15) is 41.5 Å². The molecule has 8 heteroatoms. The van der Waals surface area contributed by atoms with Crippen molar-refractivity contribution in [2.24, 2.45) is 5.92 Å². The molecule has 2 N–H and O–H groups in total. The highest BCUT2D eigenvalue weighted by molar-refractivity contribution is 8.00. The first-order valence-electron chi connectivity index (χ1n) is 9.27. The average Bonchev–Trinajstić information content (AvgIpc) is 2.56. The van der Waals surface area contributed by atoms with E-state index in [0.717, 1.165) is 0 Å². The number of hydrogen-bond acceptors (Lipinski definition) is 5. The summed E-state index contributed by atoms with van der Waals surface area (Å²) in [6.07, 6.45) is 0. The second-order valence-electron chi connectivity index (χ2n) is 8.17. The van der Waals surface area contributed by atoms with Crippen molar-refractivity contribution in [2.45, 2.75) is 64.0 Å². The van der Waals surface area contributed by atoms with Crippen molar-refractivity contribution in [1.29, 1.82) is 0 Å². The summed E-state index contributed by atoms with van der Waals surface area (Å²) in [6.45, 7) is 11.7. The molecular weight excluding hydrogens is 376 g/mol. The number of carbonyl (C=O) groups excluding carboxylic acids is 2. The van der Waals surface area contributed by atoms with Gasteiger partial charge in [0.05, 0.1) is 16.2 Å². The summed E-state index contributed by atoms with van der Waals surface area (Å²) >= 11 is 1.17. The minimum absolute atomic E-state index is 0.125. The number of aromatic nitrogens is 2. The first-order chi connectivity index (χ1) is 13.0. The Hall–Kier alpha value is -2.35. The van der Waals surface area contributed by atoms with Gasteiger partial charge in [-0.2, -0.15) is 0 Å². The van der Waals surface area contributed by atoms with Crippen LogP contribution < -0.4 is 16.2 Å². The maximum absolute atomic E-state index is 12.9. The maximum atomic E-state index is 12.9. The molecule has 1 atom stereocenters. The summed E-state index contributed by atoms with van der Waals surface area (Å²) < 4.78 is 1.61. The number of amides is 3. The van der Waals surface area contributed by atoms with Crippen molar-refractivity contribution < 1.29 is 9.59 Å². The number of nitrogens with one attached hydrogen (secondary N) is 2. The van der Waals surface area contributed by atoms with Gasteiger partial charge in [0.2, 0.25) is 5.91 Å². The standard InChI is InChI=1S/C20H28N4O3S/c1-12(2)11-24-17(26)14-9-7-8-10-15(14)21-19(24)28-13(3)16(25)22-18(27)23-20(4,5)6/h7-10,12-13H,11H2,1-6H3,(H2,22,23,25,27)/t13-/m1/s1. The molecule has 0 saturated carbocycles. The smallest absolute Gasteiger partial charge is 0.321 e. The Balaban J connectivity index is 2.27. The van der Waals surface area contributed by atoms with Crippen molar-refractivity contribution >= 4 is 34.6 Å². The van der Waals surface area contributed by atoms with Crippen LogP contribution in [0.25, 0.3) is 10.9 Å². The fourth-order valence-corrected chi connectivity index (χ4v) is 3.48. The van der Waals surface area contributed by atoms with Crippen LogP contribution >= 0.6 is 11.8 Å². The number of urea groups is 1. The molecule has 0 radical (unpaired) electrons. The van der Waals surface area contributed by atoms with Crippen molar-refractivity contribution in [3.05, 3.63) is 34.6 Å². The van der Waals surface area contributed by atoms with Gasteiger partial charge >= 0.3 is 6.03 Å². The Morgan fingerprint density at radius 2 is 1.82 bits per heavy atom. The maximum Gasteiger partial charge on any atom is 0.321 e. The molecule has 152 valence electrons. The van der Waals surface area contributed by atoms with Gasteiger partial charge in [-0.05, 0) is 45.7 Å². The lowest BCUT2D eigenvalue weighted by Crippen LogP contribution is -2.49. The summed E-state index contributed by atoms with van der Waals surface area (Å²) in [6, 6.07) is 6.62. The largest absolute Gasteiger partial charge is 0.333 e. The first-order valence-corrected chi connectivity index (χ1v) is 10.1. The number of nitrogens with zero attached hydrogens (tertiary/aromatic N) is 2. The van der Waals surface area contributed by atoms with Crippen LogP contribution in [0, 0.1) is 5.92 Å². The zero-order valence-corrected chi connectivity index (χ0v) is 18.0. The number of fused-ring (bicyclic) bond motifs is 1. The lowest BCUT2D eigenvalue weighted by molar-refractivity contribution is -0.119. The van der Waals surface area contributed by atoms with Gasteiger partial charge in [-0.25, -0.2) is 9.78 Å². The van der Waals surface area contributed by atoms with Crippen molar-refractivity contribution in [1.82, 2.24) is 20.2 Å². The molecule has 0 spiro atoms.